The van der Waals surface area contributed by atoms with Gasteiger partial charge >= 0.3 is 0 Å². The molecule has 0 nitrogen and oxygen atoms in total. The number of hydrogen-bond donors (Lipinski definition) is 0. The van der Waals surface area contributed by atoms with Crippen molar-refractivity contribution in [3.8, 4) is 0 Å². The second-order valence-corrected chi connectivity index (χ2v) is 11.9. The van der Waals surface area contributed by atoms with Crippen LogP contribution in [0.2, 0.25) is 0 Å². The monoisotopic (exact) mass is 272 g/mol. The van der Waals surface area contributed by atoms with E-state index in [1.807, 2.05) is 0 Å². The zero-order chi connectivity index (χ0) is 12.1. The van der Waals surface area contributed by atoms with Gasteiger partial charge in [-0.2, -0.15) is 0 Å². The minimum absolute atomic E-state index is 0.413. The Morgan fingerprint density at radius 2 is 1.06 bits per heavy atom. The SMILES string of the molecule is CCCC(CCC)(P1CCCC1)P1CCCC1. The van der Waals surface area contributed by atoms with E-state index in [4.69, 9.17) is 0 Å². The third-order valence-corrected chi connectivity index (χ3v) is 13.1. The van der Waals surface area contributed by atoms with Gasteiger partial charge in [-0.25, -0.2) is 0 Å². The summed E-state index contributed by atoms with van der Waals surface area (Å²) in [5, 5.41) is 0. The van der Waals surface area contributed by atoms with Crippen LogP contribution in [0.4, 0.5) is 0 Å². The molecule has 0 aliphatic carbocycles. The lowest BCUT2D eigenvalue weighted by atomic mass is 10.1. The van der Waals surface area contributed by atoms with Crippen LogP contribution in [0.1, 0.15) is 65.2 Å². The fraction of sp³-hybridized carbons (Fsp3) is 1.00. The average Bonchev–Trinajstić information content (AvgIpc) is 3.02. The van der Waals surface area contributed by atoms with Crippen molar-refractivity contribution < 1.29 is 0 Å². The van der Waals surface area contributed by atoms with Crippen LogP contribution in [0.3, 0.4) is 0 Å². The first-order valence-corrected chi connectivity index (χ1v) is 11.3. The summed E-state index contributed by atoms with van der Waals surface area (Å²) in [5.41, 5.74) is 0. The molecule has 0 bridgehead atoms. The van der Waals surface area contributed by atoms with Crippen LogP contribution in [-0.2, 0) is 0 Å². The molecule has 17 heavy (non-hydrogen) atoms. The maximum absolute atomic E-state index is 2.43. The lowest BCUT2D eigenvalue weighted by Gasteiger charge is -2.45. The topological polar surface area (TPSA) is 0 Å². The minimum atomic E-state index is 0.413. The van der Waals surface area contributed by atoms with Crippen LogP contribution in [0, 0.1) is 0 Å². The lowest BCUT2D eigenvalue weighted by Crippen LogP contribution is -2.26. The molecule has 0 amide bonds. The Hall–Kier alpha value is 0.860. The minimum Gasteiger partial charge on any atom is -0.0959 e. The second-order valence-electron chi connectivity index (χ2n) is 5.87. The molecule has 0 unspecified atom stereocenters. The van der Waals surface area contributed by atoms with Gasteiger partial charge in [-0.3, -0.25) is 0 Å². The molecule has 0 spiro atoms. The van der Waals surface area contributed by atoms with E-state index < -0.39 is 0 Å². The van der Waals surface area contributed by atoms with Gasteiger partial charge in [-0.15, -0.1) is 0 Å². The van der Waals surface area contributed by atoms with Crippen molar-refractivity contribution in [1.82, 2.24) is 0 Å². The molecule has 2 saturated heterocycles. The average molecular weight is 272 g/mol. The Morgan fingerprint density at radius 1 is 0.706 bits per heavy atom. The first-order chi connectivity index (χ1) is 8.33. The highest BCUT2D eigenvalue weighted by Gasteiger charge is 2.44. The fourth-order valence-electron chi connectivity index (χ4n) is 4.02. The summed E-state index contributed by atoms with van der Waals surface area (Å²) in [6.07, 6.45) is 18.8. The third kappa shape index (κ3) is 3.06. The van der Waals surface area contributed by atoms with Crippen molar-refractivity contribution in [1.29, 1.82) is 0 Å². The predicted molar refractivity (Wildman–Crippen MR) is 84.3 cm³/mol. The van der Waals surface area contributed by atoms with Gasteiger partial charge in [0.15, 0.2) is 0 Å². The van der Waals surface area contributed by atoms with Gasteiger partial charge in [0.1, 0.15) is 0 Å². The van der Waals surface area contributed by atoms with E-state index in [-0.39, 0.29) is 0 Å². The van der Waals surface area contributed by atoms with Crippen molar-refractivity contribution in [3.05, 3.63) is 0 Å². The van der Waals surface area contributed by atoms with Gasteiger partial charge in [-0.1, -0.05) is 42.5 Å². The van der Waals surface area contributed by atoms with Crippen LogP contribution < -0.4 is 0 Å². The largest absolute Gasteiger partial charge is 0.0959 e. The molecular formula is C15H30P2. The van der Waals surface area contributed by atoms with Crippen LogP contribution in [0.15, 0.2) is 0 Å². The molecule has 0 aromatic heterocycles. The van der Waals surface area contributed by atoms with E-state index in [1.54, 1.807) is 63.2 Å². The number of rotatable bonds is 6. The summed E-state index contributed by atoms with van der Waals surface area (Å²) in [4.78, 5) is 0.890. The predicted octanol–water partition coefficient (Wildman–Crippen LogP) is 5.83. The van der Waals surface area contributed by atoms with Gasteiger partial charge in [0.05, 0.1) is 0 Å². The molecule has 2 aliphatic rings. The smallest absolute Gasteiger partial charge is 0.0106 e. The third-order valence-electron chi connectivity index (χ3n) is 4.69. The van der Waals surface area contributed by atoms with Crippen molar-refractivity contribution >= 4 is 15.8 Å². The highest BCUT2D eigenvalue weighted by atomic mass is 31.2. The molecule has 0 radical (unpaired) electrons. The molecule has 2 heteroatoms. The molecule has 0 atom stereocenters. The Morgan fingerprint density at radius 3 is 1.35 bits per heavy atom. The first-order valence-electron chi connectivity index (χ1n) is 7.83. The van der Waals surface area contributed by atoms with Crippen LogP contribution in [-0.4, -0.2) is 29.5 Å². The molecule has 2 fully saturated rings. The fourth-order valence-corrected chi connectivity index (χ4v) is 13.5. The lowest BCUT2D eigenvalue weighted by molar-refractivity contribution is 0.614. The highest BCUT2D eigenvalue weighted by Crippen LogP contribution is 2.74. The summed E-state index contributed by atoms with van der Waals surface area (Å²) in [6, 6.07) is 0. The van der Waals surface area contributed by atoms with E-state index in [9.17, 15) is 0 Å². The molecule has 0 aromatic rings. The van der Waals surface area contributed by atoms with Crippen molar-refractivity contribution in [2.45, 2.75) is 70.1 Å². The number of hydrogen-bond acceptors (Lipinski definition) is 0. The van der Waals surface area contributed by atoms with E-state index in [0.717, 1.165) is 4.90 Å². The van der Waals surface area contributed by atoms with Crippen LogP contribution in [0.5, 0.6) is 0 Å². The summed E-state index contributed by atoms with van der Waals surface area (Å²) < 4.78 is 0. The normalized spacial score (nSPS) is 23.6. The maximum atomic E-state index is 2.43. The van der Waals surface area contributed by atoms with E-state index in [0.29, 0.717) is 15.8 Å². The Balaban J connectivity index is 2.16. The Bertz CT molecular complexity index is 191. The quantitative estimate of drug-likeness (QED) is 0.533. The summed E-state index contributed by atoms with van der Waals surface area (Å²) in [6.45, 7) is 4.86. The zero-order valence-corrected chi connectivity index (χ0v) is 13.7. The van der Waals surface area contributed by atoms with Gasteiger partial charge in [-0.05, 0) is 63.2 Å². The zero-order valence-electron chi connectivity index (χ0n) is 11.9. The molecule has 0 saturated carbocycles. The summed E-state index contributed by atoms with van der Waals surface area (Å²) in [7, 11) is 0.826. The summed E-state index contributed by atoms with van der Waals surface area (Å²) in [5.74, 6) is 0. The first kappa shape index (κ1) is 14.3. The van der Waals surface area contributed by atoms with E-state index >= 15 is 0 Å². The molecule has 0 aromatic carbocycles. The van der Waals surface area contributed by atoms with Crippen LogP contribution >= 0.6 is 15.8 Å². The van der Waals surface area contributed by atoms with Gasteiger partial charge in [0.25, 0.3) is 0 Å². The van der Waals surface area contributed by atoms with Gasteiger partial charge in [0.2, 0.25) is 0 Å². The summed E-state index contributed by atoms with van der Waals surface area (Å²) >= 11 is 0. The standard InChI is InChI=1S/C15H30P2/c1-3-9-15(10-4-2,16-11-5-6-12-16)17-13-7-8-14-17/h3-14H2,1-2H3. The van der Waals surface area contributed by atoms with Crippen molar-refractivity contribution in [2.24, 2.45) is 0 Å². The molecule has 2 aliphatic heterocycles. The Labute approximate surface area is 111 Å². The van der Waals surface area contributed by atoms with Gasteiger partial charge in [0, 0.05) is 4.90 Å². The van der Waals surface area contributed by atoms with Crippen molar-refractivity contribution in [2.75, 3.05) is 24.6 Å². The molecule has 2 rings (SSSR count). The Kier molecular flexibility index (Phi) is 5.76. The van der Waals surface area contributed by atoms with E-state index in [2.05, 4.69) is 13.8 Å². The second kappa shape index (κ2) is 6.86. The van der Waals surface area contributed by atoms with Crippen LogP contribution in [0.25, 0.3) is 0 Å². The molecule has 2 heterocycles. The molecule has 100 valence electrons. The molecule has 0 N–H and O–H groups in total. The van der Waals surface area contributed by atoms with E-state index in [1.165, 1.54) is 12.8 Å². The maximum Gasteiger partial charge on any atom is 0.0106 e. The van der Waals surface area contributed by atoms with Crippen molar-refractivity contribution in [3.63, 3.8) is 0 Å². The molecular weight excluding hydrogens is 242 g/mol. The highest BCUT2D eigenvalue weighted by molar-refractivity contribution is 7.77. The van der Waals surface area contributed by atoms with Gasteiger partial charge < -0.3 is 0 Å².